The Kier molecular flexibility index (Phi) is 7.17. The summed E-state index contributed by atoms with van der Waals surface area (Å²) >= 11 is 0. The first-order chi connectivity index (χ1) is 16.9. The van der Waals surface area contributed by atoms with Crippen molar-refractivity contribution >= 4 is 21.6 Å². The van der Waals surface area contributed by atoms with Crippen LogP contribution in [-0.4, -0.2) is 37.5 Å². The number of para-hydroxylation sites is 1. The molecular weight excluding hydrogens is 464 g/mol. The van der Waals surface area contributed by atoms with E-state index in [-0.39, 0.29) is 11.4 Å². The van der Waals surface area contributed by atoms with Gasteiger partial charge in [0.2, 0.25) is 5.91 Å². The second-order valence-electron chi connectivity index (χ2n) is 7.88. The fraction of sp³-hybridized carbons (Fsp3) is 0.154. The number of aryl methyl sites for hydroxylation is 1. The molecule has 0 aliphatic carbocycles. The number of amides is 1. The van der Waals surface area contributed by atoms with Crippen molar-refractivity contribution in [1.82, 2.24) is 14.9 Å². The van der Waals surface area contributed by atoms with Gasteiger partial charge in [-0.2, -0.15) is 0 Å². The molecule has 1 amide bonds. The lowest BCUT2D eigenvalue weighted by Gasteiger charge is -2.26. The molecule has 1 N–H and O–H groups in total. The molecule has 0 saturated carbocycles. The predicted octanol–water partition coefficient (Wildman–Crippen LogP) is 3.70. The number of anilines is 1. The Hall–Kier alpha value is -4.11. The van der Waals surface area contributed by atoms with Gasteiger partial charge < -0.3 is 14.6 Å². The first kappa shape index (κ1) is 24.0. The predicted molar refractivity (Wildman–Crippen MR) is 134 cm³/mol. The maximum absolute atomic E-state index is 13.6. The van der Waals surface area contributed by atoms with Gasteiger partial charge in [-0.15, -0.1) is 0 Å². The highest BCUT2D eigenvalue weighted by molar-refractivity contribution is 7.92. The number of hydrogen-bond donors (Lipinski definition) is 1. The lowest BCUT2D eigenvalue weighted by Crippen LogP contribution is -2.41. The van der Waals surface area contributed by atoms with Crippen molar-refractivity contribution in [3.63, 3.8) is 0 Å². The van der Waals surface area contributed by atoms with E-state index in [0.29, 0.717) is 11.4 Å². The van der Waals surface area contributed by atoms with Crippen molar-refractivity contribution in [1.29, 1.82) is 0 Å². The van der Waals surface area contributed by atoms with Gasteiger partial charge in [-0.3, -0.25) is 9.10 Å². The third kappa shape index (κ3) is 5.36. The molecule has 1 heterocycles. The van der Waals surface area contributed by atoms with Gasteiger partial charge in [0.15, 0.2) is 0 Å². The zero-order chi connectivity index (χ0) is 24.8. The quantitative estimate of drug-likeness (QED) is 0.386. The molecule has 9 heteroatoms. The van der Waals surface area contributed by atoms with Crippen LogP contribution >= 0.6 is 0 Å². The topological polar surface area (TPSA) is 93.5 Å². The molecule has 0 atom stereocenters. The van der Waals surface area contributed by atoms with E-state index in [2.05, 4.69) is 10.3 Å². The third-order valence-corrected chi connectivity index (χ3v) is 7.25. The number of aromatic nitrogens is 2. The minimum Gasteiger partial charge on any atom is -0.495 e. The Labute approximate surface area is 204 Å². The number of rotatable bonds is 9. The Balaban J connectivity index is 1.63. The molecule has 1 aromatic heterocycles. The van der Waals surface area contributed by atoms with Crippen LogP contribution in [0.25, 0.3) is 5.69 Å². The summed E-state index contributed by atoms with van der Waals surface area (Å²) in [6.07, 6.45) is 5.18. The number of imidazole rings is 1. The fourth-order valence-corrected chi connectivity index (χ4v) is 5.15. The van der Waals surface area contributed by atoms with E-state index in [9.17, 15) is 13.2 Å². The summed E-state index contributed by atoms with van der Waals surface area (Å²) in [6, 6.07) is 20.8. The van der Waals surface area contributed by atoms with Gasteiger partial charge in [-0.25, -0.2) is 13.4 Å². The highest BCUT2D eigenvalue weighted by Gasteiger charge is 2.29. The molecule has 8 nitrogen and oxygen atoms in total. The number of benzene rings is 3. The van der Waals surface area contributed by atoms with Crippen molar-refractivity contribution in [3.05, 3.63) is 103 Å². The third-order valence-electron chi connectivity index (χ3n) is 5.47. The minimum absolute atomic E-state index is 0.0850. The average molecular weight is 491 g/mol. The van der Waals surface area contributed by atoms with E-state index in [1.165, 1.54) is 19.2 Å². The monoisotopic (exact) mass is 490 g/mol. The van der Waals surface area contributed by atoms with E-state index in [0.717, 1.165) is 21.1 Å². The lowest BCUT2D eigenvalue weighted by atomic mass is 10.1. The molecule has 180 valence electrons. The molecule has 0 spiro atoms. The standard InChI is InChI=1S/C26H26N4O4S/c1-20-12-13-25(34-2)24(16-20)30(35(32,33)22-9-4-3-5-10-22)18-26(31)28-17-21-8-6-7-11-23(21)29-15-14-27-19-29/h3-16,19H,17-18H2,1-2H3,(H,28,31). The van der Waals surface area contributed by atoms with Gasteiger partial charge in [-0.05, 0) is 48.4 Å². The number of nitrogens with one attached hydrogen (secondary N) is 1. The second-order valence-corrected chi connectivity index (χ2v) is 9.74. The number of carbonyl (C=O) groups excluding carboxylic acids is 1. The van der Waals surface area contributed by atoms with Crippen molar-refractivity contribution in [2.24, 2.45) is 0 Å². The van der Waals surface area contributed by atoms with Crippen LogP contribution in [0.1, 0.15) is 11.1 Å². The zero-order valence-corrected chi connectivity index (χ0v) is 20.3. The molecule has 0 bridgehead atoms. The molecule has 3 aromatic carbocycles. The van der Waals surface area contributed by atoms with Crippen LogP contribution in [-0.2, 0) is 21.4 Å². The SMILES string of the molecule is COc1ccc(C)cc1N(CC(=O)NCc1ccccc1-n1ccnc1)S(=O)(=O)c1ccccc1. The number of hydrogen-bond acceptors (Lipinski definition) is 5. The van der Waals surface area contributed by atoms with E-state index in [1.54, 1.807) is 42.9 Å². The first-order valence-electron chi connectivity index (χ1n) is 11.0. The summed E-state index contributed by atoms with van der Waals surface area (Å²) in [7, 11) is -2.58. The van der Waals surface area contributed by atoms with E-state index in [4.69, 9.17) is 4.74 Å². The molecule has 0 aliphatic heterocycles. The van der Waals surface area contributed by atoms with Crippen LogP contribution in [0.3, 0.4) is 0 Å². The summed E-state index contributed by atoms with van der Waals surface area (Å²) in [4.78, 5) is 17.2. The fourth-order valence-electron chi connectivity index (χ4n) is 3.71. The molecule has 35 heavy (non-hydrogen) atoms. The van der Waals surface area contributed by atoms with Crippen LogP contribution < -0.4 is 14.4 Å². The smallest absolute Gasteiger partial charge is 0.264 e. The van der Waals surface area contributed by atoms with Crippen molar-refractivity contribution in [3.8, 4) is 11.4 Å². The van der Waals surface area contributed by atoms with Crippen LogP contribution in [0.15, 0.2) is 96.4 Å². The van der Waals surface area contributed by atoms with Gasteiger partial charge >= 0.3 is 0 Å². The number of ether oxygens (including phenoxy) is 1. The van der Waals surface area contributed by atoms with Crippen LogP contribution in [0.4, 0.5) is 5.69 Å². The Morgan fingerprint density at radius 3 is 2.51 bits per heavy atom. The molecule has 0 aliphatic rings. The van der Waals surface area contributed by atoms with Crippen LogP contribution in [0.2, 0.25) is 0 Å². The molecule has 4 rings (SSSR count). The van der Waals surface area contributed by atoms with Crippen molar-refractivity contribution in [2.75, 3.05) is 18.0 Å². The van der Waals surface area contributed by atoms with E-state index in [1.807, 2.05) is 48.0 Å². The van der Waals surface area contributed by atoms with Crippen molar-refractivity contribution < 1.29 is 17.9 Å². The normalized spacial score (nSPS) is 11.1. The van der Waals surface area contributed by atoms with Crippen molar-refractivity contribution in [2.45, 2.75) is 18.4 Å². The Morgan fingerprint density at radius 1 is 1.06 bits per heavy atom. The maximum atomic E-state index is 13.6. The number of carbonyl (C=O) groups is 1. The van der Waals surface area contributed by atoms with Gasteiger partial charge in [0, 0.05) is 18.9 Å². The molecule has 0 unspecified atom stereocenters. The number of sulfonamides is 1. The maximum Gasteiger partial charge on any atom is 0.264 e. The largest absolute Gasteiger partial charge is 0.495 e. The van der Waals surface area contributed by atoms with Gasteiger partial charge in [0.1, 0.15) is 12.3 Å². The van der Waals surface area contributed by atoms with Gasteiger partial charge in [0.05, 0.1) is 29.7 Å². The van der Waals surface area contributed by atoms with Crippen LogP contribution in [0.5, 0.6) is 5.75 Å². The summed E-state index contributed by atoms with van der Waals surface area (Å²) < 4.78 is 35.6. The average Bonchev–Trinajstić information content (AvgIpc) is 3.41. The lowest BCUT2D eigenvalue weighted by molar-refractivity contribution is -0.119. The molecular formula is C26H26N4O4S. The van der Waals surface area contributed by atoms with Crippen LogP contribution in [0, 0.1) is 6.92 Å². The van der Waals surface area contributed by atoms with Gasteiger partial charge in [0.25, 0.3) is 10.0 Å². The summed E-state index contributed by atoms with van der Waals surface area (Å²) in [5, 5.41) is 2.86. The highest BCUT2D eigenvalue weighted by Crippen LogP contribution is 2.33. The summed E-state index contributed by atoms with van der Waals surface area (Å²) in [6.45, 7) is 1.66. The highest BCUT2D eigenvalue weighted by atomic mass is 32.2. The molecule has 4 aromatic rings. The first-order valence-corrected chi connectivity index (χ1v) is 12.4. The molecule has 0 fully saturated rings. The Bertz CT molecular complexity index is 1400. The minimum atomic E-state index is -4.04. The van der Waals surface area contributed by atoms with Gasteiger partial charge in [-0.1, -0.05) is 42.5 Å². The Morgan fingerprint density at radius 2 is 1.80 bits per heavy atom. The number of methoxy groups -OCH3 is 1. The summed E-state index contributed by atoms with van der Waals surface area (Å²) in [5.41, 5.74) is 2.87. The second kappa shape index (κ2) is 10.4. The molecule has 0 saturated heterocycles. The zero-order valence-electron chi connectivity index (χ0n) is 19.5. The summed E-state index contributed by atoms with van der Waals surface area (Å²) in [5.74, 6) is -0.0955. The van der Waals surface area contributed by atoms with E-state index < -0.39 is 22.5 Å². The van der Waals surface area contributed by atoms with E-state index >= 15 is 0 Å². The molecule has 0 radical (unpaired) electrons. The number of nitrogens with zero attached hydrogens (tertiary/aromatic N) is 3.